The van der Waals surface area contributed by atoms with Crippen LogP contribution in [0.3, 0.4) is 0 Å². The van der Waals surface area contributed by atoms with Crippen LogP contribution in [0.2, 0.25) is 0 Å². The molecule has 0 spiro atoms. The average molecular weight is 259 g/mol. The highest BCUT2D eigenvalue weighted by Crippen LogP contribution is 2.22. The molecule has 68 valence electrons. The van der Waals surface area contributed by atoms with Crippen molar-refractivity contribution in [2.24, 2.45) is 7.05 Å². The molecule has 1 N–H and O–H groups in total. The van der Waals surface area contributed by atoms with E-state index in [2.05, 4.69) is 31.3 Å². The van der Waals surface area contributed by atoms with Gasteiger partial charge in [-0.2, -0.15) is 5.10 Å². The molecule has 2 aromatic rings. The minimum absolute atomic E-state index is 0.851. The lowest BCUT2D eigenvalue weighted by molar-refractivity contribution is 0.768. The standard InChI is InChI=1S/C7H7BrN4S/c1-12-3-5(2-9-12)10-7-11-6(8)4-13-7/h2-4H,1H3,(H,10,11). The molecule has 0 bridgehead atoms. The fourth-order valence-corrected chi connectivity index (χ4v) is 2.09. The maximum absolute atomic E-state index is 4.20. The van der Waals surface area contributed by atoms with Crippen LogP contribution in [0.25, 0.3) is 0 Å². The van der Waals surface area contributed by atoms with Gasteiger partial charge in [-0.25, -0.2) is 4.98 Å². The lowest BCUT2D eigenvalue weighted by Gasteiger charge is -1.94. The summed E-state index contributed by atoms with van der Waals surface area (Å²) in [5.74, 6) is 0. The second-order valence-electron chi connectivity index (χ2n) is 2.50. The van der Waals surface area contributed by atoms with E-state index in [1.807, 2.05) is 18.6 Å². The molecular formula is C7H7BrN4S. The van der Waals surface area contributed by atoms with Gasteiger partial charge >= 0.3 is 0 Å². The van der Waals surface area contributed by atoms with Crippen molar-refractivity contribution in [3.8, 4) is 0 Å². The summed E-state index contributed by atoms with van der Waals surface area (Å²) < 4.78 is 2.59. The largest absolute Gasteiger partial charge is 0.329 e. The highest BCUT2D eigenvalue weighted by Gasteiger charge is 2.00. The topological polar surface area (TPSA) is 42.7 Å². The third-order valence-electron chi connectivity index (χ3n) is 1.43. The van der Waals surface area contributed by atoms with Gasteiger partial charge < -0.3 is 5.32 Å². The average Bonchev–Trinajstić information content (AvgIpc) is 2.62. The summed E-state index contributed by atoms with van der Waals surface area (Å²) in [7, 11) is 1.88. The van der Waals surface area contributed by atoms with Gasteiger partial charge in [-0.15, -0.1) is 11.3 Å². The van der Waals surface area contributed by atoms with E-state index >= 15 is 0 Å². The molecule has 0 aliphatic rings. The third kappa shape index (κ3) is 2.07. The van der Waals surface area contributed by atoms with E-state index in [4.69, 9.17) is 0 Å². The first kappa shape index (κ1) is 8.71. The Hall–Kier alpha value is -0.880. The number of aromatic nitrogens is 3. The summed E-state index contributed by atoms with van der Waals surface area (Å²) >= 11 is 4.84. The molecule has 0 radical (unpaired) electrons. The number of nitrogens with one attached hydrogen (secondary N) is 1. The van der Waals surface area contributed by atoms with Crippen molar-refractivity contribution >= 4 is 38.1 Å². The maximum Gasteiger partial charge on any atom is 0.188 e. The zero-order chi connectivity index (χ0) is 9.26. The predicted octanol–water partition coefficient (Wildman–Crippen LogP) is 2.38. The van der Waals surface area contributed by atoms with E-state index in [0.29, 0.717) is 0 Å². The SMILES string of the molecule is Cn1cc(Nc2nc(Br)cs2)cn1. The maximum atomic E-state index is 4.20. The smallest absolute Gasteiger partial charge is 0.188 e. The fraction of sp³-hybridized carbons (Fsp3) is 0.143. The molecule has 4 nitrogen and oxygen atoms in total. The van der Waals surface area contributed by atoms with Gasteiger partial charge in [0.15, 0.2) is 5.13 Å². The molecule has 0 saturated heterocycles. The second kappa shape index (κ2) is 3.47. The van der Waals surface area contributed by atoms with E-state index in [-0.39, 0.29) is 0 Å². The van der Waals surface area contributed by atoms with E-state index in [1.165, 1.54) is 0 Å². The van der Waals surface area contributed by atoms with Crippen LogP contribution in [-0.2, 0) is 7.05 Å². The number of thiazole rings is 1. The van der Waals surface area contributed by atoms with E-state index in [9.17, 15) is 0 Å². The van der Waals surface area contributed by atoms with Crippen molar-refractivity contribution in [1.29, 1.82) is 0 Å². The Morgan fingerprint density at radius 3 is 3.00 bits per heavy atom. The van der Waals surface area contributed by atoms with Crippen LogP contribution in [0, 0.1) is 0 Å². The predicted molar refractivity (Wildman–Crippen MR) is 56.3 cm³/mol. The van der Waals surface area contributed by atoms with Gasteiger partial charge in [0.1, 0.15) is 4.60 Å². The molecule has 0 aliphatic carbocycles. The fourth-order valence-electron chi connectivity index (χ4n) is 0.921. The zero-order valence-electron chi connectivity index (χ0n) is 6.86. The van der Waals surface area contributed by atoms with Gasteiger partial charge in [-0.3, -0.25) is 4.68 Å². The monoisotopic (exact) mass is 258 g/mol. The molecule has 0 saturated carbocycles. The summed E-state index contributed by atoms with van der Waals surface area (Å²) in [6, 6.07) is 0. The number of halogens is 1. The van der Waals surface area contributed by atoms with Crippen LogP contribution in [0.4, 0.5) is 10.8 Å². The molecule has 0 unspecified atom stereocenters. The molecule has 2 heterocycles. The number of rotatable bonds is 2. The second-order valence-corrected chi connectivity index (χ2v) is 4.17. The first-order valence-corrected chi connectivity index (χ1v) is 5.28. The van der Waals surface area contributed by atoms with Crippen LogP contribution in [0.1, 0.15) is 0 Å². The van der Waals surface area contributed by atoms with Gasteiger partial charge in [-0.05, 0) is 15.9 Å². The van der Waals surface area contributed by atoms with Gasteiger partial charge in [-0.1, -0.05) is 0 Å². The van der Waals surface area contributed by atoms with Crippen molar-refractivity contribution in [2.75, 3.05) is 5.32 Å². The first-order chi connectivity index (χ1) is 6.24. The molecule has 0 aliphatic heterocycles. The Kier molecular flexibility index (Phi) is 2.32. The van der Waals surface area contributed by atoms with E-state index < -0.39 is 0 Å². The highest BCUT2D eigenvalue weighted by molar-refractivity contribution is 9.10. The van der Waals surface area contributed by atoms with Crippen molar-refractivity contribution in [2.45, 2.75) is 0 Å². The summed E-state index contributed by atoms with van der Waals surface area (Å²) in [6.45, 7) is 0. The van der Waals surface area contributed by atoms with Crippen LogP contribution in [0.15, 0.2) is 22.4 Å². The van der Waals surface area contributed by atoms with Crippen molar-refractivity contribution < 1.29 is 0 Å². The van der Waals surface area contributed by atoms with Crippen molar-refractivity contribution in [3.05, 3.63) is 22.4 Å². The van der Waals surface area contributed by atoms with Crippen LogP contribution < -0.4 is 5.32 Å². The minimum Gasteiger partial charge on any atom is -0.329 e. The number of hydrogen-bond donors (Lipinski definition) is 1. The minimum atomic E-state index is 0.851. The molecule has 0 amide bonds. The lowest BCUT2D eigenvalue weighted by atomic mass is 10.6. The number of aryl methyl sites for hydroxylation is 1. The summed E-state index contributed by atoms with van der Waals surface area (Å²) in [4.78, 5) is 4.20. The molecule has 2 rings (SSSR count). The highest BCUT2D eigenvalue weighted by atomic mass is 79.9. The normalized spacial score (nSPS) is 10.3. The molecule has 13 heavy (non-hydrogen) atoms. The molecule has 6 heteroatoms. The number of hydrogen-bond acceptors (Lipinski definition) is 4. The summed E-state index contributed by atoms with van der Waals surface area (Å²) in [5.41, 5.74) is 0.948. The third-order valence-corrected chi connectivity index (χ3v) is 2.90. The molecular weight excluding hydrogens is 252 g/mol. The number of anilines is 2. The quantitative estimate of drug-likeness (QED) is 0.900. The number of nitrogens with zero attached hydrogens (tertiary/aromatic N) is 3. The van der Waals surface area contributed by atoms with Gasteiger partial charge in [0.2, 0.25) is 0 Å². The molecule has 0 fully saturated rings. The summed E-state index contributed by atoms with van der Waals surface area (Å²) in [5, 5.41) is 9.97. The Labute approximate surface area is 87.7 Å². The van der Waals surface area contributed by atoms with Gasteiger partial charge in [0.05, 0.1) is 11.9 Å². The Morgan fingerprint density at radius 2 is 2.46 bits per heavy atom. The first-order valence-electron chi connectivity index (χ1n) is 3.61. The molecule has 0 atom stereocenters. The Balaban J connectivity index is 2.14. The lowest BCUT2D eigenvalue weighted by Crippen LogP contribution is -1.87. The van der Waals surface area contributed by atoms with Crippen molar-refractivity contribution in [1.82, 2.24) is 14.8 Å². The Bertz CT molecular complexity index is 370. The van der Waals surface area contributed by atoms with Crippen LogP contribution >= 0.6 is 27.3 Å². The molecule has 2 aromatic heterocycles. The van der Waals surface area contributed by atoms with E-state index in [1.54, 1.807) is 22.2 Å². The summed E-state index contributed by atoms with van der Waals surface area (Å²) in [6.07, 6.45) is 3.66. The van der Waals surface area contributed by atoms with Crippen LogP contribution in [-0.4, -0.2) is 14.8 Å². The van der Waals surface area contributed by atoms with E-state index in [0.717, 1.165) is 15.4 Å². The Morgan fingerprint density at radius 1 is 1.62 bits per heavy atom. The molecule has 0 aromatic carbocycles. The van der Waals surface area contributed by atoms with Crippen LogP contribution in [0.5, 0.6) is 0 Å². The van der Waals surface area contributed by atoms with Gasteiger partial charge in [0, 0.05) is 18.6 Å². The van der Waals surface area contributed by atoms with Gasteiger partial charge in [0.25, 0.3) is 0 Å². The van der Waals surface area contributed by atoms with Crippen molar-refractivity contribution in [3.63, 3.8) is 0 Å². The zero-order valence-corrected chi connectivity index (χ0v) is 9.26.